The van der Waals surface area contributed by atoms with Gasteiger partial charge < -0.3 is 19.3 Å². The van der Waals surface area contributed by atoms with Crippen molar-refractivity contribution >= 4 is 29.5 Å². The third-order valence-electron chi connectivity index (χ3n) is 8.10. The Morgan fingerprint density at radius 3 is 1.89 bits per heavy atom. The number of esters is 2. The Kier molecular flexibility index (Phi) is 6.78. The van der Waals surface area contributed by atoms with Crippen molar-refractivity contribution in [2.75, 3.05) is 7.11 Å². The average molecular weight is 611 g/mol. The van der Waals surface area contributed by atoms with Crippen molar-refractivity contribution in [1.29, 1.82) is 0 Å². The number of ketones is 2. The van der Waals surface area contributed by atoms with Crippen LogP contribution in [-0.2, 0) is 9.53 Å². The standard InChI is InChI=1S/C37H22O9/c1-44-21-13-10-19(11-14-21)33(45-36(42)20-12-15-24-22-6-2-4-8-26(22)31(38)29(24)18-20)37(43)46-34-28(35(40)41)17-16-25-23-7-3-5-9-27(23)32(39)30(25)34/h2-18,33H,1H3,(H,40,41). The summed E-state index contributed by atoms with van der Waals surface area (Å²) in [4.78, 5) is 66.1. The highest BCUT2D eigenvalue weighted by molar-refractivity contribution is 6.24. The van der Waals surface area contributed by atoms with Gasteiger partial charge in [-0.2, -0.15) is 0 Å². The van der Waals surface area contributed by atoms with E-state index in [4.69, 9.17) is 14.2 Å². The molecule has 46 heavy (non-hydrogen) atoms. The van der Waals surface area contributed by atoms with Crippen molar-refractivity contribution in [3.05, 3.63) is 142 Å². The number of aromatic carboxylic acids is 1. The van der Waals surface area contributed by atoms with Crippen LogP contribution in [0.25, 0.3) is 22.3 Å². The molecule has 1 unspecified atom stereocenters. The largest absolute Gasteiger partial charge is 0.497 e. The Morgan fingerprint density at radius 1 is 0.652 bits per heavy atom. The van der Waals surface area contributed by atoms with Gasteiger partial charge in [0, 0.05) is 22.3 Å². The van der Waals surface area contributed by atoms with Crippen molar-refractivity contribution in [1.82, 2.24) is 0 Å². The summed E-state index contributed by atoms with van der Waals surface area (Å²) >= 11 is 0. The van der Waals surface area contributed by atoms with Crippen molar-refractivity contribution in [2.24, 2.45) is 0 Å². The van der Waals surface area contributed by atoms with Crippen LogP contribution in [0.3, 0.4) is 0 Å². The van der Waals surface area contributed by atoms with Crippen LogP contribution in [-0.4, -0.2) is 41.7 Å². The lowest BCUT2D eigenvalue weighted by Crippen LogP contribution is -2.26. The number of fused-ring (bicyclic) bond motifs is 6. The van der Waals surface area contributed by atoms with E-state index in [1.54, 1.807) is 54.6 Å². The summed E-state index contributed by atoms with van der Waals surface area (Å²) < 4.78 is 16.6. The smallest absolute Gasteiger partial charge is 0.357 e. The van der Waals surface area contributed by atoms with Crippen LogP contribution < -0.4 is 9.47 Å². The van der Waals surface area contributed by atoms with E-state index >= 15 is 0 Å². The van der Waals surface area contributed by atoms with Crippen LogP contribution in [0.5, 0.6) is 11.5 Å². The van der Waals surface area contributed by atoms with Gasteiger partial charge in [0.2, 0.25) is 6.10 Å². The molecule has 0 spiro atoms. The van der Waals surface area contributed by atoms with E-state index in [-0.39, 0.29) is 22.5 Å². The van der Waals surface area contributed by atoms with E-state index < -0.39 is 41.1 Å². The lowest BCUT2D eigenvalue weighted by Gasteiger charge is -2.19. The molecule has 1 atom stereocenters. The maximum absolute atomic E-state index is 13.9. The molecule has 0 saturated carbocycles. The number of hydrogen-bond donors (Lipinski definition) is 1. The summed E-state index contributed by atoms with van der Waals surface area (Å²) in [6, 6.07) is 27.2. The summed E-state index contributed by atoms with van der Waals surface area (Å²) in [6.07, 6.45) is -1.68. The quantitative estimate of drug-likeness (QED) is 0.163. The van der Waals surface area contributed by atoms with Crippen LogP contribution >= 0.6 is 0 Å². The fourth-order valence-corrected chi connectivity index (χ4v) is 5.87. The summed E-state index contributed by atoms with van der Waals surface area (Å²) in [5.41, 5.74) is 3.31. The first-order valence-electron chi connectivity index (χ1n) is 14.2. The molecule has 0 bridgehead atoms. The van der Waals surface area contributed by atoms with Gasteiger partial charge in [0.1, 0.15) is 11.3 Å². The van der Waals surface area contributed by atoms with E-state index in [0.29, 0.717) is 39.1 Å². The summed E-state index contributed by atoms with van der Waals surface area (Å²) in [6.45, 7) is 0. The molecule has 0 heterocycles. The first kappa shape index (κ1) is 28.4. The second-order valence-corrected chi connectivity index (χ2v) is 10.7. The predicted molar refractivity (Wildman–Crippen MR) is 164 cm³/mol. The number of carbonyl (C=O) groups is 5. The third kappa shape index (κ3) is 4.53. The topological polar surface area (TPSA) is 133 Å². The first-order chi connectivity index (χ1) is 22.3. The molecule has 1 N–H and O–H groups in total. The molecule has 0 amide bonds. The van der Waals surface area contributed by atoms with Crippen molar-refractivity contribution in [3.8, 4) is 33.8 Å². The van der Waals surface area contributed by atoms with Crippen LogP contribution in [0, 0.1) is 0 Å². The molecule has 0 radical (unpaired) electrons. The normalized spacial score (nSPS) is 12.8. The lowest BCUT2D eigenvalue weighted by molar-refractivity contribution is -0.144. The molecule has 9 nitrogen and oxygen atoms in total. The molecule has 0 fully saturated rings. The minimum atomic E-state index is -1.68. The fourth-order valence-electron chi connectivity index (χ4n) is 5.87. The molecule has 5 aromatic rings. The maximum Gasteiger partial charge on any atom is 0.357 e. The van der Waals surface area contributed by atoms with E-state index in [0.717, 1.165) is 5.56 Å². The molecule has 2 aliphatic carbocycles. The van der Waals surface area contributed by atoms with Crippen LogP contribution in [0.4, 0.5) is 0 Å². The first-order valence-corrected chi connectivity index (χ1v) is 14.2. The van der Waals surface area contributed by atoms with E-state index in [1.807, 2.05) is 12.1 Å². The van der Waals surface area contributed by atoms with Gasteiger partial charge in [0.15, 0.2) is 17.3 Å². The molecular formula is C37H22O9. The van der Waals surface area contributed by atoms with E-state index in [2.05, 4.69) is 0 Å². The second-order valence-electron chi connectivity index (χ2n) is 10.7. The minimum absolute atomic E-state index is 0.0173. The van der Waals surface area contributed by atoms with Gasteiger partial charge in [-0.05, 0) is 52.6 Å². The van der Waals surface area contributed by atoms with Crippen molar-refractivity contribution in [3.63, 3.8) is 0 Å². The Bertz CT molecular complexity index is 2140. The van der Waals surface area contributed by atoms with Gasteiger partial charge >= 0.3 is 17.9 Å². The van der Waals surface area contributed by atoms with Crippen molar-refractivity contribution < 1.29 is 43.3 Å². The zero-order valence-corrected chi connectivity index (χ0v) is 24.1. The monoisotopic (exact) mass is 610 g/mol. The highest BCUT2D eigenvalue weighted by Crippen LogP contribution is 2.43. The number of benzene rings is 5. The minimum Gasteiger partial charge on any atom is -0.497 e. The van der Waals surface area contributed by atoms with Gasteiger partial charge in [-0.1, -0.05) is 72.8 Å². The summed E-state index contributed by atoms with van der Waals surface area (Å²) in [7, 11) is 1.46. The predicted octanol–water partition coefficient (Wildman–Crippen LogP) is 6.32. The highest BCUT2D eigenvalue weighted by Gasteiger charge is 2.36. The highest BCUT2D eigenvalue weighted by atomic mass is 16.6. The molecule has 2 aliphatic rings. The number of carboxylic acid groups (broad SMARTS) is 1. The summed E-state index contributed by atoms with van der Waals surface area (Å²) in [5, 5.41) is 9.95. The molecule has 0 aliphatic heterocycles. The number of methoxy groups -OCH3 is 1. The molecular weight excluding hydrogens is 588 g/mol. The third-order valence-corrected chi connectivity index (χ3v) is 8.10. The van der Waals surface area contributed by atoms with Gasteiger partial charge in [0.05, 0.1) is 18.2 Å². The Morgan fingerprint density at radius 2 is 1.24 bits per heavy atom. The molecule has 7 rings (SSSR count). The number of ether oxygens (including phenoxy) is 3. The lowest BCUT2D eigenvalue weighted by atomic mass is 10.0. The Labute approximate surface area is 261 Å². The van der Waals surface area contributed by atoms with Crippen LogP contribution in [0.15, 0.2) is 103 Å². The van der Waals surface area contributed by atoms with Gasteiger partial charge in [0.25, 0.3) is 0 Å². The molecule has 5 aromatic carbocycles. The molecule has 9 heteroatoms. The van der Waals surface area contributed by atoms with E-state index in [1.165, 1.54) is 43.5 Å². The second kappa shape index (κ2) is 11.0. The van der Waals surface area contributed by atoms with Crippen LogP contribution in [0.2, 0.25) is 0 Å². The fraction of sp³-hybridized carbons (Fsp3) is 0.0541. The number of hydrogen-bond acceptors (Lipinski definition) is 8. The van der Waals surface area contributed by atoms with E-state index in [9.17, 15) is 29.1 Å². The van der Waals surface area contributed by atoms with Crippen molar-refractivity contribution in [2.45, 2.75) is 6.10 Å². The number of rotatable bonds is 7. The molecule has 0 aromatic heterocycles. The van der Waals surface area contributed by atoms with Gasteiger partial charge in [-0.15, -0.1) is 0 Å². The average Bonchev–Trinajstić information content (AvgIpc) is 3.54. The van der Waals surface area contributed by atoms with Gasteiger partial charge in [-0.25, -0.2) is 14.4 Å². The Hall–Kier alpha value is -6.35. The summed E-state index contributed by atoms with van der Waals surface area (Å²) in [5.74, 6) is -4.21. The number of carboxylic acids is 1. The zero-order valence-electron chi connectivity index (χ0n) is 24.1. The maximum atomic E-state index is 13.9. The molecule has 0 saturated heterocycles. The molecule has 224 valence electrons. The SMILES string of the molecule is COc1ccc(C(OC(=O)c2ccc3c(c2)C(=O)c2ccccc2-3)C(=O)Oc2c(C(=O)O)ccc3c2C(=O)c2ccccc2-3)cc1. The van der Waals surface area contributed by atoms with Crippen LogP contribution in [0.1, 0.15) is 64.2 Å². The Balaban J connectivity index is 1.25. The van der Waals surface area contributed by atoms with Gasteiger partial charge in [-0.3, -0.25) is 9.59 Å². The number of carbonyl (C=O) groups excluding carboxylic acids is 4. The zero-order chi connectivity index (χ0) is 32.1.